The number of carbonyl (C=O) groups excluding carboxylic acids is 2. The Hall–Kier alpha value is -1.59. The van der Waals surface area contributed by atoms with Gasteiger partial charge in [0.2, 0.25) is 11.8 Å². The van der Waals surface area contributed by atoms with Crippen LogP contribution in [-0.2, 0) is 14.4 Å². The first-order chi connectivity index (χ1) is 9.11. The summed E-state index contributed by atoms with van der Waals surface area (Å²) in [5.41, 5.74) is -0.545. The molecule has 1 aliphatic carbocycles. The molecule has 0 aromatic carbocycles. The molecule has 0 bridgehead atoms. The highest BCUT2D eigenvalue weighted by Gasteiger charge is 2.32. The van der Waals surface area contributed by atoms with Gasteiger partial charge in [-0.2, -0.15) is 0 Å². The predicted octanol–water partition coefficient (Wildman–Crippen LogP) is 0.907. The van der Waals surface area contributed by atoms with Crippen LogP contribution in [0.5, 0.6) is 0 Å². The van der Waals surface area contributed by atoms with Gasteiger partial charge in [0, 0.05) is 11.5 Å². The number of carbonyl (C=O) groups is 3. The molecule has 1 rings (SSSR count). The first-order valence-electron chi connectivity index (χ1n) is 6.95. The molecule has 0 saturated heterocycles. The van der Waals surface area contributed by atoms with E-state index in [1.165, 1.54) is 0 Å². The Bertz CT molecular complexity index is 400. The smallest absolute Gasteiger partial charge is 0.306 e. The average Bonchev–Trinajstić information content (AvgIpc) is 2.76. The van der Waals surface area contributed by atoms with E-state index in [-0.39, 0.29) is 23.8 Å². The molecule has 0 spiro atoms. The molecule has 0 heterocycles. The maximum atomic E-state index is 12.0. The van der Waals surface area contributed by atoms with Crippen LogP contribution < -0.4 is 10.6 Å². The maximum absolute atomic E-state index is 12.0. The highest BCUT2D eigenvalue weighted by molar-refractivity contribution is 5.89. The zero-order valence-corrected chi connectivity index (χ0v) is 12.5. The minimum absolute atomic E-state index is 0.113. The third kappa shape index (κ3) is 4.51. The van der Waals surface area contributed by atoms with Gasteiger partial charge in [-0.3, -0.25) is 14.4 Å². The summed E-state index contributed by atoms with van der Waals surface area (Å²) >= 11 is 0. The van der Waals surface area contributed by atoms with Gasteiger partial charge in [0.25, 0.3) is 0 Å². The van der Waals surface area contributed by atoms with Gasteiger partial charge in [-0.1, -0.05) is 20.8 Å². The molecule has 1 fully saturated rings. The van der Waals surface area contributed by atoms with Crippen LogP contribution in [0.1, 0.15) is 47.0 Å². The van der Waals surface area contributed by atoms with Gasteiger partial charge in [0.1, 0.15) is 6.04 Å². The molecule has 3 atom stereocenters. The minimum atomic E-state index is -0.809. The van der Waals surface area contributed by atoms with Crippen molar-refractivity contribution in [1.29, 1.82) is 0 Å². The predicted molar refractivity (Wildman–Crippen MR) is 74.0 cm³/mol. The van der Waals surface area contributed by atoms with Gasteiger partial charge < -0.3 is 15.7 Å². The van der Waals surface area contributed by atoms with Crippen molar-refractivity contribution in [1.82, 2.24) is 10.6 Å². The lowest BCUT2D eigenvalue weighted by atomic mass is 9.95. The van der Waals surface area contributed by atoms with Crippen LogP contribution in [0.3, 0.4) is 0 Å². The number of carboxylic acid groups (broad SMARTS) is 1. The molecule has 1 saturated carbocycles. The molecular formula is C14H24N2O4. The average molecular weight is 284 g/mol. The molecule has 2 amide bonds. The summed E-state index contributed by atoms with van der Waals surface area (Å²) in [7, 11) is 0. The van der Waals surface area contributed by atoms with Gasteiger partial charge in [0.05, 0.1) is 5.92 Å². The van der Waals surface area contributed by atoms with Crippen LogP contribution in [0.15, 0.2) is 0 Å². The number of carboxylic acids is 1. The SMILES string of the molecule is CC(NC(=O)C(C)(C)C)C(=O)N[C@@H]1CC[C@H](C(=O)O)C1. The normalized spacial score (nSPS) is 24.0. The summed E-state index contributed by atoms with van der Waals surface area (Å²) in [4.78, 5) is 34.6. The molecule has 20 heavy (non-hydrogen) atoms. The lowest BCUT2D eigenvalue weighted by Gasteiger charge is -2.22. The number of aliphatic carboxylic acids is 1. The van der Waals surface area contributed by atoms with Gasteiger partial charge in [-0.15, -0.1) is 0 Å². The molecule has 114 valence electrons. The molecule has 0 radical (unpaired) electrons. The van der Waals surface area contributed by atoms with Crippen molar-refractivity contribution in [2.75, 3.05) is 0 Å². The molecular weight excluding hydrogens is 260 g/mol. The molecule has 0 aromatic heterocycles. The maximum Gasteiger partial charge on any atom is 0.306 e. The number of amides is 2. The van der Waals surface area contributed by atoms with E-state index < -0.39 is 17.4 Å². The van der Waals surface area contributed by atoms with Gasteiger partial charge in [-0.05, 0) is 26.2 Å². The van der Waals surface area contributed by atoms with E-state index in [4.69, 9.17) is 5.11 Å². The second kappa shape index (κ2) is 6.24. The summed E-state index contributed by atoms with van der Waals surface area (Å²) < 4.78 is 0. The van der Waals surface area contributed by atoms with E-state index >= 15 is 0 Å². The minimum Gasteiger partial charge on any atom is -0.481 e. The van der Waals surface area contributed by atoms with Crippen molar-refractivity contribution >= 4 is 17.8 Å². The summed E-state index contributed by atoms with van der Waals surface area (Å²) in [6, 6.07) is -0.733. The van der Waals surface area contributed by atoms with Crippen LogP contribution in [0.25, 0.3) is 0 Å². The second-order valence-corrected chi connectivity index (χ2v) is 6.50. The molecule has 0 aliphatic heterocycles. The summed E-state index contributed by atoms with van der Waals surface area (Å²) in [6.07, 6.45) is 1.71. The third-order valence-corrected chi connectivity index (χ3v) is 3.55. The van der Waals surface area contributed by atoms with Crippen LogP contribution in [0.2, 0.25) is 0 Å². The van der Waals surface area contributed by atoms with Crippen LogP contribution in [0.4, 0.5) is 0 Å². The summed E-state index contributed by atoms with van der Waals surface area (Å²) in [5, 5.41) is 14.4. The fourth-order valence-corrected chi connectivity index (χ4v) is 2.14. The Kier molecular flexibility index (Phi) is 5.14. The summed E-state index contributed by atoms with van der Waals surface area (Å²) in [5.74, 6) is -1.63. The quantitative estimate of drug-likeness (QED) is 0.715. The monoisotopic (exact) mass is 284 g/mol. The fraction of sp³-hybridized carbons (Fsp3) is 0.786. The Morgan fingerprint density at radius 1 is 1.20 bits per heavy atom. The Morgan fingerprint density at radius 2 is 1.80 bits per heavy atom. The largest absolute Gasteiger partial charge is 0.481 e. The fourth-order valence-electron chi connectivity index (χ4n) is 2.14. The number of nitrogens with one attached hydrogen (secondary N) is 2. The van der Waals surface area contributed by atoms with Crippen molar-refractivity contribution in [2.24, 2.45) is 11.3 Å². The Balaban J connectivity index is 2.43. The van der Waals surface area contributed by atoms with Crippen molar-refractivity contribution in [2.45, 2.75) is 59.0 Å². The van der Waals surface area contributed by atoms with E-state index in [0.717, 1.165) is 0 Å². The third-order valence-electron chi connectivity index (χ3n) is 3.55. The van der Waals surface area contributed by atoms with Gasteiger partial charge in [0.15, 0.2) is 0 Å². The molecule has 6 nitrogen and oxygen atoms in total. The molecule has 3 N–H and O–H groups in total. The van der Waals surface area contributed by atoms with E-state index in [9.17, 15) is 14.4 Å². The summed E-state index contributed by atoms with van der Waals surface area (Å²) in [6.45, 7) is 6.97. The Labute approximate surface area is 119 Å². The van der Waals surface area contributed by atoms with Crippen LogP contribution >= 0.6 is 0 Å². The van der Waals surface area contributed by atoms with Crippen LogP contribution in [-0.4, -0.2) is 35.0 Å². The van der Waals surface area contributed by atoms with E-state index in [0.29, 0.717) is 19.3 Å². The first-order valence-corrected chi connectivity index (χ1v) is 6.95. The lowest BCUT2D eigenvalue weighted by molar-refractivity contribution is -0.141. The second-order valence-electron chi connectivity index (χ2n) is 6.50. The molecule has 6 heteroatoms. The molecule has 0 aromatic rings. The Morgan fingerprint density at radius 3 is 2.25 bits per heavy atom. The van der Waals surface area contributed by atoms with Crippen molar-refractivity contribution < 1.29 is 19.5 Å². The standard InChI is InChI=1S/C14H24N2O4/c1-8(15-13(20)14(2,3)4)11(17)16-10-6-5-9(7-10)12(18)19/h8-10H,5-7H2,1-4H3,(H,15,20)(H,16,17)(H,18,19)/t8?,9-,10+/m0/s1. The van der Waals surface area contributed by atoms with Crippen molar-refractivity contribution in [3.63, 3.8) is 0 Å². The number of hydrogen-bond acceptors (Lipinski definition) is 3. The van der Waals surface area contributed by atoms with Crippen molar-refractivity contribution in [3.05, 3.63) is 0 Å². The lowest BCUT2D eigenvalue weighted by Crippen LogP contribution is -2.50. The van der Waals surface area contributed by atoms with Gasteiger partial charge >= 0.3 is 5.97 Å². The zero-order chi connectivity index (χ0) is 15.5. The van der Waals surface area contributed by atoms with Crippen LogP contribution in [0, 0.1) is 11.3 Å². The van der Waals surface area contributed by atoms with Gasteiger partial charge in [-0.25, -0.2) is 0 Å². The molecule has 1 aliphatic rings. The highest BCUT2D eigenvalue weighted by Crippen LogP contribution is 2.25. The van der Waals surface area contributed by atoms with E-state index in [1.54, 1.807) is 27.7 Å². The number of rotatable bonds is 4. The number of hydrogen-bond donors (Lipinski definition) is 3. The zero-order valence-electron chi connectivity index (χ0n) is 12.5. The van der Waals surface area contributed by atoms with E-state index in [2.05, 4.69) is 10.6 Å². The molecule has 1 unspecified atom stereocenters. The highest BCUT2D eigenvalue weighted by atomic mass is 16.4. The van der Waals surface area contributed by atoms with Crippen molar-refractivity contribution in [3.8, 4) is 0 Å². The topological polar surface area (TPSA) is 95.5 Å². The van der Waals surface area contributed by atoms with E-state index in [1.807, 2.05) is 0 Å². The first kappa shape index (κ1) is 16.5.